The number of nitrogens with zero attached hydrogens (tertiary/aromatic N) is 4. The van der Waals surface area contributed by atoms with E-state index in [9.17, 15) is 9.59 Å². The number of furan rings is 1. The zero-order chi connectivity index (χ0) is 22.2. The fourth-order valence-corrected chi connectivity index (χ4v) is 4.66. The summed E-state index contributed by atoms with van der Waals surface area (Å²) >= 11 is 6.02. The molecule has 0 radical (unpaired) electrons. The number of piperazine rings is 1. The molecule has 1 aliphatic carbocycles. The van der Waals surface area contributed by atoms with Crippen molar-refractivity contribution < 1.29 is 14.0 Å². The first kappa shape index (κ1) is 20.7. The molecule has 1 saturated heterocycles. The Balaban J connectivity index is 1.34. The van der Waals surface area contributed by atoms with Gasteiger partial charge in [0.15, 0.2) is 11.5 Å². The number of rotatable bonds is 3. The summed E-state index contributed by atoms with van der Waals surface area (Å²) in [6.45, 7) is 4.25. The fraction of sp³-hybridized carbons (Fsp3) is 0.333. The molecule has 1 unspecified atom stereocenters. The van der Waals surface area contributed by atoms with E-state index in [0.29, 0.717) is 61.3 Å². The highest BCUT2D eigenvalue weighted by Gasteiger charge is 2.31. The lowest BCUT2D eigenvalue weighted by Gasteiger charge is -2.35. The van der Waals surface area contributed by atoms with Gasteiger partial charge >= 0.3 is 0 Å². The van der Waals surface area contributed by atoms with Gasteiger partial charge in [0, 0.05) is 37.6 Å². The summed E-state index contributed by atoms with van der Waals surface area (Å²) in [4.78, 5) is 38.7. The monoisotopic (exact) mass is 450 g/mol. The number of hydrogen-bond donors (Lipinski definition) is 0. The van der Waals surface area contributed by atoms with Crippen LogP contribution in [0.2, 0.25) is 5.02 Å². The molecule has 3 heterocycles. The number of hydrogen-bond acceptors (Lipinski definition) is 6. The normalized spacial score (nSPS) is 18.6. The summed E-state index contributed by atoms with van der Waals surface area (Å²) in [5, 5.41) is 0.682. The number of halogens is 1. The van der Waals surface area contributed by atoms with Gasteiger partial charge in [0.05, 0.1) is 23.2 Å². The number of benzene rings is 1. The second kappa shape index (κ2) is 8.39. The topological polar surface area (TPSA) is 79.5 Å². The molecule has 1 aliphatic heterocycles. The number of amides is 1. The van der Waals surface area contributed by atoms with Crippen LogP contribution in [-0.2, 0) is 6.42 Å². The summed E-state index contributed by atoms with van der Waals surface area (Å²) in [5.41, 5.74) is 3.28. The molecule has 0 bridgehead atoms. The van der Waals surface area contributed by atoms with Gasteiger partial charge in [0.2, 0.25) is 5.95 Å². The minimum atomic E-state index is -0.103. The zero-order valence-electron chi connectivity index (χ0n) is 17.8. The minimum absolute atomic E-state index is 0.0807. The lowest BCUT2D eigenvalue weighted by molar-refractivity contribution is 0.0713. The molecule has 0 saturated carbocycles. The maximum Gasteiger partial charge on any atom is 0.289 e. The molecular weight excluding hydrogens is 428 g/mol. The van der Waals surface area contributed by atoms with Gasteiger partial charge in [0.25, 0.3) is 5.91 Å². The number of anilines is 1. The van der Waals surface area contributed by atoms with E-state index >= 15 is 0 Å². The van der Waals surface area contributed by atoms with E-state index in [1.54, 1.807) is 17.0 Å². The van der Waals surface area contributed by atoms with Crippen molar-refractivity contribution >= 4 is 29.2 Å². The van der Waals surface area contributed by atoms with Crippen molar-refractivity contribution in [2.24, 2.45) is 0 Å². The summed E-state index contributed by atoms with van der Waals surface area (Å²) in [6.07, 6.45) is 2.65. The van der Waals surface area contributed by atoms with E-state index in [4.69, 9.17) is 21.0 Å². The third-order valence-corrected chi connectivity index (χ3v) is 6.48. The second-order valence-electron chi connectivity index (χ2n) is 8.27. The first-order valence-corrected chi connectivity index (χ1v) is 11.1. The van der Waals surface area contributed by atoms with Crippen molar-refractivity contribution in [3.05, 3.63) is 76.0 Å². The zero-order valence-corrected chi connectivity index (χ0v) is 18.5. The van der Waals surface area contributed by atoms with E-state index in [1.165, 1.54) is 6.26 Å². The van der Waals surface area contributed by atoms with Gasteiger partial charge in [-0.25, -0.2) is 9.97 Å². The number of Topliss-reactive ketones (excluding diaryl/α,β-unsaturated/α-hetero) is 1. The number of fused-ring (bicyclic) bond motifs is 1. The van der Waals surface area contributed by atoms with Crippen LogP contribution in [0, 0.1) is 6.92 Å². The average molecular weight is 451 g/mol. The molecule has 164 valence electrons. The third kappa shape index (κ3) is 3.88. The second-order valence-corrected chi connectivity index (χ2v) is 8.70. The Morgan fingerprint density at radius 1 is 1.06 bits per heavy atom. The molecule has 1 amide bonds. The van der Waals surface area contributed by atoms with Crippen LogP contribution in [0.5, 0.6) is 0 Å². The Morgan fingerprint density at radius 2 is 1.81 bits per heavy atom. The van der Waals surface area contributed by atoms with Crippen LogP contribution >= 0.6 is 11.6 Å². The van der Waals surface area contributed by atoms with E-state index in [0.717, 1.165) is 17.0 Å². The van der Waals surface area contributed by atoms with Gasteiger partial charge in [0.1, 0.15) is 0 Å². The molecule has 0 N–H and O–H groups in total. The van der Waals surface area contributed by atoms with Crippen molar-refractivity contribution in [2.45, 2.75) is 25.7 Å². The molecule has 1 atom stereocenters. The van der Waals surface area contributed by atoms with Gasteiger partial charge in [-0.3, -0.25) is 9.59 Å². The van der Waals surface area contributed by atoms with Crippen LogP contribution in [0.3, 0.4) is 0 Å². The van der Waals surface area contributed by atoms with Crippen LogP contribution in [0.4, 0.5) is 5.95 Å². The third-order valence-electron chi connectivity index (χ3n) is 6.23. The Hall–Kier alpha value is -3.19. The molecule has 2 aliphatic rings. The maximum atomic E-state index is 12.9. The summed E-state index contributed by atoms with van der Waals surface area (Å²) in [7, 11) is 0. The molecule has 2 aromatic heterocycles. The average Bonchev–Trinajstić information content (AvgIpc) is 3.33. The molecule has 0 spiro atoms. The van der Waals surface area contributed by atoms with Crippen LogP contribution in [-0.4, -0.2) is 52.7 Å². The number of carbonyl (C=O) groups excluding carboxylic acids is 2. The van der Waals surface area contributed by atoms with Crippen LogP contribution < -0.4 is 4.90 Å². The fourth-order valence-electron chi connectivity index (χ4n) is 4.54. The summed E-state index contributed by atoms with van der Waals surface area (Å²) in [5.74, 6) is 1.04. The number of ketones is 1. The minimum Gasteiger partial charge on any atom is -0.459 e. The predicted molar refractivity (Wildman–Crippen MR) is 120 cm³/mol. The highest BCUT2D eigenvalue weighted by molar-refractivity contribution is 6.30. The van der Waals surface area contributed by atoms with Crippen molar-refractivity contribution in [3.8, 4) is 0 Å². The van der Waals surface area contributed by atoms with Crippen molar-refractivity contribution in [2.75, 3.05) is 31.1 Å². The molecule has 3 aromatic rings. The molecular formula is C24H23ClN4O3. The largest absolute Gasteiger partial charge is 0.459 e. The summed E-state index contributed by atoms with van der Waals surface area (Å²) < 4.78 is 5.23. The van der Waals surface area contributed by atoms with Crippen molar-refractivity contribution in [1.82, 2.24) is 14.9 Å². The molecule has 32 heavy (non-hydrogen) atoms. The van der Waals surface area contributed by atoms with Gasteiger partial charge in [-0.1, -0.05) is 23.7 Å². The highest BCUT2D eigenvalue weighted by atomic mass is 35.5. The highest BCUT2D eigenvalue weighted by Crippen LogP contribution is 2.34. The number of aromatic nitrogens is 2. The standard InChI is InChI=1S/C24H23ClN4O3/c1-15-22-19(13-17(14-20(22)30)16-4-6-18(25)7-5-16)27-24(26-15)29-10-8-28(9-11-29)23(31)21-3-2-12-32-21/h2-7,12,17H,8-11,13-14H2,1H3. The quantitative estimate of drug-likeness (QED) is 0.602. The first-order valence-electron chi connectivity index (χ1n) is 10.7. The molecule has 8 heteroatoms. The van der Waals surface area contributed by atoms with Crippen LogP contribution in [0.25, 0.3) is 0 Å². The maximum absolute atomic E-state index is 12.9. The van der Waals surface area contributed by atoms with Gasteiger partial charge in [-0.2, -0.15) is 0 Å². The lowest BCUT2D eigenvalue weighted by Crippen LogP contribution is -2.49. The smallest absolute Gasteiger partial charge is 0.289 e. The predicted octanol–water partition coefficient (Wildman–Crippen LogP) is 3.91. The SMILES string of the molecule is Cc1nc(N2CCN(C(=O)c3ccco3)CC2)nc2c1C(=O)CC(c1ccc(Cl)cc1)C2. The Labute approximate surface area is 191 Å². The van der Waals surface area contributed by atoms with E-state index in [2.05, 4.69) is 9.88 Å². The molecule has 1 aromatic carbocycles. The number of carbonyl (C=O) groups is 2. The van der Waals surface area contributed by atoms with E-state index in [-0.39, 0.29) is 17.6 Å². The molecule has 1 fully saturated rings. The molecule has 5 rings (SSSR count). The van der Waals surface area contributed by atoms with Gasteiger partial charge < -0.3 is 14.2 Å². The lowest BCUT2D eigenvalue weighted by atomic mass is 9.81. The van der Waals surface area contributed by atoms with Crippen molar-refractivity contribution in [3.63, 3.8) is 0 Å². The van der Waals surface area contributed by atoms with Gasteiger partial charge in [-0.15, -0.1) is 0 Å². The Bertz CT molecular complexity index is 1150. The Kier molecular flexibility index (Phi) is 5.43. The summed E-state index contributed by atoms with van der Waals surface area (Å²) in [6, 6.07) is 11.1. The number of aryl methyl sites for hydroxylation is 1. The molecule has 7 nitrogen and oxygen atoms in total. The first-order chi connectivity index (χ1) is 15.5. The van der Waals surface area contributed by atoms with Crippen molar-refractivity contribution in [1.29, 1.82) is 0 Å². The Morgan fingerprint density at radius 3 is 2.50 bits per heavy atom. The van der Waals surface area contributed by atoms with Gasteiger partial charge in [-0.05, 0) is 49.1 Å². The van der Waals surface area contributed by atoms with E-state index in [1.807, 2.05) is 31.2 Å². The van der Waals surface area contributed by atoms with Crippen LogP contribution in [0.1, 0.15) is 50.2 Å². The van der Waals surface area contributed by atoms with Crippen LogP contribution in [0.15, 0.2) is 47.1 Å². The van der Waals surface area contributed by atoms with E-state index < -0.39 is 0 Å².